The quantitative estimate of drug-likeness (QED) is 0.876. The lowest BCUT2D eigenvalue weighted by Crippen LogP contribution is -2.11. The smallest absolute Gasteiger partial charge is 0.143 e. The molecule has 1 nitrogen and oxygen atoms in total. The Balaban J connectivity index is 2.16. The van der Waals surface area contributed by atoms with Crippen molar-refractivity contribution in [3.8, 4) is 0 Å². The van der Waals surface area contributed by atoms with E-state index in [0.717, 1.165) is 37.4 Å². The first-order valence-electron chi connectivity index (χ1n) is 6.31. The zero-order valence-electron chi connectivity index (χ0n) is 10.2. The van der Waals surface area contributed by atoms with Crippen LogP contribution in [0.5, 0.6) is 0 Å². The fraction of sp³-hybridized carbons (Fsp3) is 0.429. The SMILES string of the molecule is CCNCc1sc2c(F)cc(F)cc2c1C1CC1. The summed E-state index contributed by atoms with van der Waals surface area (Å²) in [6.45, 7) is 3.68. The van der Waals surface area contributed by atoms with Gasteiger partial charge in [-0.1, -0.05) is 6.92 Å². The van der Waals surface area contributed by atoms with Crippen LogP contribution in [0.1, 0.15) is 36.1 Å². The van der Waals surface area contributed by atoms with E-state index in [0.29, 0.717) is 10.6 Å². The van der Waals surface area contributed by atoms with Gasteiger partial charge < -0.3 is 5.32 Å². The molecule has 0 saturated heterocycles. The Morgan fingerprint density at radius 1 is 1.33 bits per heavy atom. The van der Waals surface area contributed by atoms with E-state index >= 15 is 0 Å². The molecule has 18 heavy (non-hydrogen) atoms. The van der Waals surface area contributed by atoms with E-state index in [1.165, 1.54) is 27.8 Å². The van der Waals surface area contributed by atoms with Crippen LogP contribution in [0.3, 0.4) is 0 Å². The summed E-state index contributed by atoms with van der Waals surface area (Å²) in [4.78, 5) is 1.17. The van der Waals surface area contributed by atoms with Crippen LogP contribution >= 0.6 is 11.3 Å². The van der Waals surface area contributed by atoms with Gasteiger partial charge in [0, 0.05) is 22.9 Å². The highest BCUT2D eigenvalue weighted by Crippen LogP contribution is 2.48. The van der Waals surface area contributed by atoms with Gasteiger partial charge in [-0.25, -0.2) is 8.78 Å². The third-order valence-electron chi connectivity index (χ3n) is 3.35. The van der Waals surface area contributed by atoms with E-state index in [2.05, 4.69) is 5.32 Å². The first-order chi connectivity index (χ1) is 8.70. The minimum atomic E-state index is -0.477. The highest BCUT2D eigenvalue weighted by atomic mass is 32.1. The first kappa shape index (κ1) is 12.1. The van der Waals surface area contributed by atoms with Crippen LogP contribution in [0.25, 0.3) is 10.1 Å². The van der Waals surface area contributed by atoms with E-state index in [4.69, 9.17) is 0 Å². The molecule has 1 aliphatic carbocycles. The minimum Gasteiger partial charge on any atom is -0.312 e. The van der Waals surface area contributed by atoms with Crippen LogP contribution in [0.15, 0.2) is 12.1 Å². The van der Waals surface area contributed by atoms with Crippen LogP contribution in [0.4, 0.5) is 8.78 Å². The Kier molecular flexibility index (Phi) is 3.08. The molecular formula is C14H15F2NS. The maximum atomic E-state index is 13.8. The summed E-state index contributed by atoms with van der Waals surface area (Å²) in [6.07, 6.45) is 2.28. The second kappa shape index (κ2) is 4.59. The molecule has 4 heteroatoms. The largest absolute Gasteiger partial charge is 0.312 e. The van der Waals surface area contributed by atoms with E-state index < -0.39 is 11.6 Å². The van der Waals surface area contributed by atoms with Crippen molar-refractivity contribution >= 4 is 21.4 Å². The van der Waals surface area contributed by atoms with Crippen LogP contribution in [-0.4, -0.2) is 6.54 Å². The number of halogens is 2. The van der Waals surface area contributed by atoms with Gasteiger partial charge in [0.25, 0.3) is 0 Å². The van der Waals surface area contributed by atoms with Crippen LogP contribution in [0, 0.1) is 11.6 Å². The molecule has 1 N–H and O–H groups in total. The molecule has 1 aliphatic rings. The number of benzene rings is 1. The number of hydrogen-bond acceptors (Lipinski definition) is 2. The Morgan fingerprint density at radius 3 is 2.78 bits per heavy atom. The van der Waals surface area contributed by atoms with Gasteiger partial charge >= 0.3 is 0 Å². The zero-order valence-corrected chi connectivity index (χ0v) is 11.0. The number of nitrogens with one attached hydrogen (secondary N) is 1. The molecular weight excluding hydrogens is 252 g/mol. The Morgan fingerprint density at radius 2 is 2.11 bits per heavy atom. The molecule has 0 unspecified atom stereocenters. The van der Waals surface area contributed by atoms with Crippen LogP contribution in [-0.2, 0) is 6.54 Å². The van der Waals surface area contributed by atoms with Crippen molar-refractivity contribution in [2.75, 3.05) is 6.54 Å². The monoisotopic (exact) mass is 267 g/mol. The predicted octanol–water partition coefficient (Wildman–Crippen LogP) is 4.17. The van der Waals surface area contributed by atoms with Gasteiger partial charge in [-0.3, -0.25) is 0 Å². The average Bonchev–Trinajstić information content (AvgIpc) is 3.09. The van der Waals surface area contributed by atoms with Gasteiger partial charge in [-0.05, 0) is 36.9 Å². The summed E-state index contributed by atoms with van der Waals surface area (Å²) in [5, 5.41) is 4.06. The lowest BCUT2D eigenvalue weighted by molar-refractivity contribution is 0.593. The van der Waals surface area contributed by atoms with Gasteiger partial charge in [-0.15, -0.1) is 11.3 Å². The lowest BCUT2D eigenvalue weighted by atomic mass is 10.1. The van der Waals surface area contributed by atoms with E-state index in [1.54, 1.807) is 0 Å². The van der Waals surface area contributed by atoms with Gasteiger partial charge in [0.2, 0.25) is 0 Å². The molecule has 2 aromatic rings. The van der Waals surface area contributed by atoms with E-state index in [1.807, 2.05) is 6.92 Å². The molecule has 3 rings (SSSR count). The van der Waals surface area contributed by atoms with Gasteiger partial charge in [0.1, 0.15) is 11.6 Å². The molecule has 0 aliphatic heterocycles. The zero-order chi connectivity index (χ0) is 12.7. The molecule has 0 amide bonds. The molecule has 1 aromatic carbocycles. The van der Waals surface area contributed by atoms with Crippen molar-refractivity contribution in [1.82, 2.24) is 5.32 Å². The van der Waals surface area contributed by atoms with Crippen molar-refractivity contribution in [3.63, 3.8) is 0 Å². The van der Waals surface area contributed by atoms with Crippen molar-refractivity contribution in [3.05, 3.63) is 34.2 Å². The summed E-state index contributed by atoms with van der Waals surface area (Å²) in [7, 11) is 0. The van der Waals surface area contributed by atoms with Crippen molar-refractivity contribution in [2.24, 2.45) is 0 Å². The molecule has 1 heterocycles. The van der Waals surface area contributed by atoms with E-state index in [9.17, 15) is 8.78 Å². The molecule has 0 spiro atoms. The Labute approximate surface area is 109 Å². The minimum absolute atomic E-state index is 0.431. The molecule has 0 atom stereocenters. The molecule has 0 radical (unpaired) electrons. The van der Waals surface area contributed by atoms with Crippen molar-refractivity contribution in [2.45, 2.75) is 32.2 Å². The average molecular weight is 267 g/mol. The topological polar surface area (TPSA) is 12.0 Å². The van der Waals surface area contributed by atoms with Gasteiger partial charge in [0.15, 0.2) is 0 Å². The van der Waals surface area contributed by atoms with E-state index in [-0.39, 0.29) is 0 Å². The normalized spacial score (nSPS) is 15.5. The standard InChI is InChI=1S/C14H15F2NS/c1-2-17-7-12-13(8-3-4-8)10-5-9(15)6-11(16)14(10)18-12/h5-6,8,17H,2-4,7H2,1H3. The second-order valence-corrected chi connectivity index (χ2v) is 5.86. The van der Waals surface area contributed by atoms with Crippen molar-refractivity contribution < 1.29 is 8.78 Å². The first-order valence-corrected chi connectivity index (χ1v) is 7.13. The summed E-state index contributed by atoms with van der Waals surface area (Å²) in [5.74, 6) is -0.400. The fourth-order valence-electron chi connectivity index (χ4n) is 2.38. The third kappa shape index (κ3) is 2.04. The molecule has 1 saturated carbocycles. The number of rotatable bonds is 4. The number of thiophene rings is 1. The van der Waals surface area contributed by atoms with Gasteiger partial charge in [0.05, 0.1) is 4.70 Å². The number of hydrogen-bond donors (Lipinski definition) is 1. The fourth-order valence-corrected chi connectivity index (χ4v) is 3.62. The third-order valence-corrected chi connectivity index (χ3v) is 4.58. The predicted molar refractivity (Wildman–Crippen MR) is 71.1 cm³/mol. The van der Waals surface area contributed by atoms with Gasteiger partial charge in [-0.2, -0.15) is 0 Å². The maximum absolute atomic E-state index is 13.8. The highest BCUT2D eigenvalue weighted by molar-refractivity contribution is 7.19. The molecule has 96 valence electrons. The highest BCUT2D eigenvalue weighted by Gasteiger charge is 2.30. The Hall–Kier alpha value is -1.00. The number of fused-ring (bicyclic) bond motifs is 1. The summed E-state index contributed by atoms with van der Waals surface area (Å²) < 4.78 is 27.8. The summed E-state index contributed by atoms with van der Waals surface area (Å²) in [5.41, 5.74) is 1.18. The molecule has 1 aromatic heterocycles. The van der Waals surface area contributed by atoms with Crippen LogP contribution in [0.2, 0.25) is 0 Å². The Bertz CT molecular complexity index is 587. The maximum Gasteiger partial charge on any atom is 0.143 e. The lowest BCUT2D eigenvalue weighted by Gasteiger charge is -2.03. The molecule has 1 fully saturated rings. The van der Waals surface area contributed by atoms with Crippen LogP contribution < -0.4 is 5.32 Å². The van der Waals surface area contributed by atoms with Crippen molar-refractivity contribution in [1.29, 1.82) is 0 Å². The summed E-state index contributed by atoms with van der Waals surface area (Å²) in [6, 6.07) is 2.46. The second-order valence-electron chi connectivity index (χ2n) is 4.76. The summed E-state index contributed by atoms with van der Waals surface area (Å²) >= 11 is 1.46. The molecule has 0 bridgehead atoms.